The lowest BCUT2D eigenvalue weighted by Crippen LogP contribution is -2.56. The summed E-state index contributed by atoms with van der Waals surface area (Å²) in [7, 11) is 0. The van der Waals surface area contributed by atoms with Crippen LogP contribution < -0.4 is 16.4 Å². The van der Waals surface area contributed by atoms with E-state index in [9.17, 15) is 24.3 Å². The molecule has 1 saturated heterocycles. The van der Waals surface area contributed by atoms with Gasteiger partial charge < -0.3 is 31.5 Å². The number of phenols is 1. The number of likely N-dealkylation sites (tertiary alicyclic amines) is 1. The van der Waals surface area contributed by atoms with E-state index in [4.69, 9.17) is 10.8 Å². The van der Waals surface area contributed by atoms with Crippen LogP contribution in [0.4, 0.5) is 0 Å². The van der Waals surface area contributed by atoms with Crippen molar-refractivity contribution in [3.63, 3.8) is 0 Å². The summed E-state index contributed by atoms with van der Waals surface area (Å²) in [6.07, 6.45) is 1.66. The fourth-order valence-corrected chi connectivity index (χ4v) is 3.84. The number of amides is 3. The van der Waals surface area contributed by atoms with Crippen molar-refractivity contribution in [1.82, 2.24) is 15.5 Å². The smallest absolute Gasteiger partial charge is 0.325 e. The molecule has 0 aromatic heterocycles. The number of carboxylic acids is 1. The van der Waals surface area contributed by atoms with Crippen molar-refractivity contribution in [2.75, 3.05) is 6.54 Å². The van der Waals surface area contributed by atoms with E-state index in [0.29, 0.717) is 25.8 Å². The first-order valence-corrected chi connectivity index (χ1v) is 11.2. The quantitative estimate of drug-likeness (QED) is 0.335. The van der Waals surface area contributed by atoms with Gasteiger partial charge in [0.25, 0.3) is 0 Å². The minimum absolute atomic E-state index is 0.0706. The molecule has 6 N–H and O–H groups in total. The standard InChI is InChI=1S/C23H34N4O6/c1-13(2)11-18(20(29)25-14(3)23(32)33)26-21(30)19-5-4-10-27(19)22(31)17(24)12-15-6-8-16(28)9-7-15/h6-9,13-14,17-19,28H,4-5,10-12,24H2,1-3H3,(H,25,29)(H,26,30)(H,32,33). The molecule has 0 radical (unpaired) electrons. The van der Waals surface area contributed by atoms with Gasteiger partial charge in [-0.25, -0.2) is 0 Å². The molecule has 10 heteroatoms. The zero-order valence-corrected chi connectivity index (χ0v) is 19.3. The highest BCUT2D eigenvalue weighted by Gasteiger charge is 2.37. The molecule has 1 aliphatic heterocycles. The third-order valence-corrected chi connectivity index (χ3v) is 5.62. The van der Waals surface area contributed by atoms with Gasteiger partial charge in [0.2, 0.25) is 17.7 Å². The maximum atomic E-state index is 13.0. The van der Waals surface area contributed by atoms with Gasteiger partial charge in [-0.05, 0) is 56.2 Å². The predicted octanol–water partition coefficient (Wildman–Crippen LogP) is 0.373. The Balaban J connectivity index is 2.05. The molecule has 1 aliphatic rings. The van der Waals surface area contributed by atoms with E-state index in [-0.39, 0.29) is 24.0 Å². The minimum Gasteiger partial charge on any atom is -0.508 e. The summed E-state index contributed by atoms with van der Waals surface area (Å²) in [6, 6.07) is 2.80. The van der Waals surface area contributed by atoms with E-state index < -0.39 is 42.0 Å². The summed E-state index contributed by atoms with van der Waals surface area (Å²) >= 11 is 0. The van der Waals surface area contributed by atoms with Crippen molar-refractivity contribution in [2.24, 2.45) is 11.7 Å². The number of nitrogens with one attached hydrogen (secondary N) is 2. The zero-order chi connectivity index (χ0) is 24.7. The van der Waals surface area contributed by atoms with Crippen LogP contribution in [0, 0.1) is 5.92 Å². The number of carbonyl (C=O) groups is 4. The molecule has 10 nitrogen and oxygen atoms in total. The first-order chi connectivity index (χ1) is 15.5. The van der Waals surface area contributed by atoms with Crippen molar-refractivity contribution in [3.8, 4) is 5.75 Å². The molecule has 4 atom stereocenters. The molecular formula is C23H34N4O6. The Labute approximate surface area is 193 Å². The van der Waals surface area contributed by atoms with Crippen LogP contribution in [0.2, 0.25) is 0 Å². The molecule has 1 aromatic carbocycles. The predicted molar refractivity (Wildman–Crippen MR) is 121 cm³/mol. The fraction of sp³-hybridized carbons (Fsp3) is 0.565. The highest BCUT2D eigenvalue weighted by molar-refractivity contribution is 5.94. The van der Waals surface area contributed by atoms with Crippen molar-refractivity contribution in [1.29, 1.82) is 0 Å². The summed E-state index contributed by atoms with van der Waals surface area (Å²) in [4.78, 5) is 51.1. The Morgan fingerprint density at radius 2 is 1.76 bits per heavy atom. The maximum Gasteiger partial charge on any atom is 0.325 e. The third kappa shape index (κ3) is 7.45. The lowest BCUT2D eigenvalue weighted by molar-refractivity contribution is -0.142. The van der Waals surface area contributed by atoms with Gasteiger partial charge in [-0.15, -0.1) is 0 Å². The summed E-state index contributed by atoms with van der Waals surface area (Å²) in [5.41, 5.74) is 6.91. The minimum atomic E-state index is -1.17. The van der Waals surface area contributed by atoms with Crippen LogP contribution in [0.15, 0.2) is 24.3 Å². The number of carbonyl (C=O) groups excluding carboxylic acids is 3. The normalized spacial score (nSPS) is 18.5. The Kier molecular flexibility index (Phi) is 9.22. The molecule has 1 aromatic rings. The topological polar surface area (TPSA) is 162 Å². The molecule has 182 valence electrons. The second-order valence-electron chi connectivity index (χ2n) is 8.93. The monoisotopic (exact) mass is 462 g/mol. The van der Waals surface area contributed by atoms with Crippen LogP contribution in [-0.4, -0.2) is 69.5 Å². The first kappa shape index (κ1) is 26.1. The second kappa shape index (κ2) is 11.6. The van der Waals surface area contributed by atoms with Crippen LogP contribution in [0.1, 0.15) is 45.6 Å². The summed E-state index contributed by atoms with van der Waals surface area (Å²) in [5.74, 6) is -2.37. The Morgan fingerprint density at radius 3 is 2.33 bits per heavy atom. The number of benzene rings is 1. The Bertz CT molecular complexity index is 857. The van der Waals surface area contributed by atoms with Crippen LogP contribution in [0.3, 0.4) is 0 Å². The van der Waals surface area contributed by atoms with Crippen LogP contribution >= 0.6 is 0 Å². The number of nitrogens with two attached hydrogens (primary N) is 1. The molecule has 3 amide bonds. The van der Waals surface area contributed by atoms with E-state index in [1.54, 1.807) is 12.1 Å². The molecule has 2 rings (SSSR count). The highest BCUT2D eigenvalue weighted by atomic mass is 16.4. The summed E-state index contributed by atoms with van der Waals surface area (Å²) in [5, 5.41) is 23.5. The van der Waals surface area contributed by atoms with Gasteiger partial charge in [-0.2, -0.15) is 0 Å². The van der Waals surface area contributed by atoms with Gasteiger partial charge in [0.1, 0.15) is 23.9 Å². The molecular weight excluding hydrogens is 428 g/mol. The lowest BCUT2D eigenvalue weighted by atomic mass is 10.0. The molecule has 0 saturated carbocycles. The molecule has 1 fully saturated rings. The number of hydrogen-bond donors (Lipinski definition) is 5. The fourth-order valence-electron chi connectivity index (χ4n) is 3.84. The largest absolute Gasteiger partial charge is 0.508 e. The molecule has 0 spiro atoms. The maximum absolute atomic E-state index is 13.0. The number of carboxylic acid groups (broad SMARTS) is 1. The van der Waals surface area contributed by atoms with Crippen LogP contribution in [0.5, 0.6) is 5.75 Å². The van der Waals surface area contributed by atoms with Crippen molar-refractivity contribution >= 4 is 23.7 Å². The van der Waals surface area contributed by atoms with Gasteiger partial charge in [0.15, 0.2) is 0 Å². The van der Waals surface area contributed by atoms with E-state index in [1.807, 2.05) is 13.8 Å². The zero-order valence-electron chi connectivity index (χ0n) is 19.3. The van der Waals surface area contributed by atoms with Gasteiger partial charge in [0.05, 0.1) is 6.04 Å². The van der Waals surface area contributed by atoms with E-state index in [0.717, 1.165) is 5.56 Å². The summed E-state index contributed by atoms with van der Waals surface area (Å²) < 4.78 is 0. The number of aromatic hydroxyl groups is 1. The van der Waals surface area contributed by atoms with Crippen LogP contribution in [-0.2, 0) is 25.6 Å². The molecule has 0 aliphatic carbocycles. The van der Waals surface area contributed by atoms with E-state index in [1.165, 1.54) is 24.0 Å². The SMILES string of the molecule is CC(C)CC(NC(=O)C1CCCN1C(=O)C(N)Cc1ccc(O)cc1)C(=O)NC(C)C(=O)O. The average molecular weight is 463 g/mol. The van der Waals surface area contributed by atoms with E-state index in [2.05, 4.69) is 10.6 Å². The molecule has 0 bridgehead atoms. The van der Waals surface area contributed by atoms with Gasteiger partial charge in [0, 0.05) is 6.54 Å². The van der Waals surface area contributed by atoms with Crippen LogP contribution in [0.25, 0.3) is 0 Å². The average Bonchev–Trinajstić information content (AvgIpc) is 3.23. The van der Waals surface area contributed by atoms with Crippen molar-refractivity contribution in [2.45, 2.75) is 70.6 Å². The number of rotatable bonds is 10. The third-order valence-electron chi connectivity index (χ3n) is 5.62. The Hall–Kier alpha value is -3.14. The number of phenolic OH excluding ortho intramolecular Hbond substituents is 1. The Morgan fingerprint density at radius 1 is 1.12 bits per heavy atom. The van der Waals surface area contributed by atoms with Crippen molar-refractivity contribution < 1.29 is 29.4 Å². The van der Waals surface area contributed by atoms with E-state index >= 15 is 0 Å². The van der Waals surface area contributed by atoms with Crippen molar-refractivity contribution in [3.05, 3.63) is 29.8 Å². The number of hydrogen-bond acceptors (Lipinski definition) is 6. The first-order valence-electron chi connectivity index (χ1n) is 11.2. The second-order valence-corrected chi connectivity index (χ2v) is 8.93. The highest BCUT2D eigenvalue weighted by Crippen LogP contribution is 2.20. The van der Waals surface area contributed by atoms with Gasteiger partial charge in [-0.1, -0.05) is 26.0 Å². The molecule has 4 unspecified atom stereocenters. The number of nitrogens with zero attached hydrogens (tertiary/aromatic N) is 1. The lowest BCUT2D eigenvalue weighted by Gasteiger charge is -2.29. The van der Waals surface area contributed by atoms with Gasteiger partial charge >= 0.3 is 5.97 Å². The summed E-state index contributed by atoms with van der Waals surface area (Å²) in [6.45, 7) is 5.51. The molecule has 33 heavy (non-hydrogen) atoms. The molecule has 1 heterocycles. The van der Waals surface area contributed by atoms with Gasteiger partial charge in [-0.3, -0.25) is 19.2 Å². The number of aliphatic carboxylic acids is 1.